The largest absolute Gasteiger partial charge is 0.456 e. The maximum Gasteiger partial charge on any atom is 0.236 e. The Bertz CT molecular complexity index is 3840. The first-order valence-corrected chi connectivity index (χ1v) is 20.7. The summed E-state index contributed by atoms with van der Waals surface area (Å²) >= 11 is 1.73. The highest BCUT2D eigenvalue weighted by atomic mass is 32.1. The Morgan fingerprint density at radius 3 is 1.88 bits per heavy atom. The van der Waals surface area contributed by atoms with Gasteiger partial charge < -0.3 is 4.42 Å². The number of fused-ring (bicyclic) bond motifs is 12. The quantitative estimate of drug-likeness (QED) is 0.179. The van der Waals surface area contributed by atoms with Crippen LogP contribution < -0.4 is 0 Å². The van der Waals surface area contributed by atoms with Crippen molar-refractivity contribution in [1.29, 1.82) is 0 Å². The second-order valence-electron chi connectivity index (χ2n) is 15.4. The van der Waals surface area contributed by atoms with Crippen molar-refractivity contribution in [2.75, 3.05) is 0 Å². The Morgan fingerprint density at radius 2 is 1.03 bits per heavy atom. The second kappa shape index (κ2) is 12.4. The van der Waals surface area contributed by atoms with Crippen LogP contribution in [0.2, 0.25) is 0 Å². The van der Waals surface area contributed by atoms with Crippen molar-refractivity contribution in [2.24, 2.45) is 0 Å². The van der Waals surface area contributed by atoms with E-state index in [9.17, 15) is 0 Å². The Hall–Kier alpha value is -7.60. The molecule has 0 atom stereocenters. The zero-order valence-electron chi connectivity index (χ0n) is 31.6. The van der Waals surface area contributed by atoms with Gasteiger partial charge in [0, 0.05) is 42.6 Å². The van der Waals surface area contributed by atoms with Gasteiger partial charge in [-0.2, -0.15) is 0 Å². The number of nitrogens with zero attached hydrogens (tertiary/aromatic N) is 3. The SMILES string of the molecule is c1ccc(-c2ccc(-c3ccc4sc5nc(-n6c7cc8ccccc8cc7c7c8ccccc8ccc76)nc(-c6ccc7oc8ccccc8c7c6)c5c4c3)cc2)cc1. The molecule has 59 heavy (non-hydrogen) atoms. The lowest BCUT2D eigenvalue weighted by Gasteiger charge is -2.11. The molecule has 13 aromatic rings. The third kappa shape index (κ3) is 4.95. The molecule has 0 saturated heterocycles. The molecule has 0 amide bonds. The first kappa shape index (κ1) is 32.5. The molecule has 0 aliphatic carbocycles. The molecular weight excluding hydrogens is 739 g/mol. The lowest BCUT2D eigenvalue weighted by Crippen LogP contribution is -2.02. The lowest BCUT2D eigenvalue weighted by molar-refractivity contribution is 0.669. The predicted octanol–water partition coefficient (Wildman–Crippen LogP) is 15.1. The predicted molar refractivity (Wildman–Crippen MR) is 248 cm³/mol. The minimum Gasteiger partial charge on any atom is -0.456 e. The summed E-state index contributed by atoms with van der Waals surface area (Å²) in [7, 11) is 0. The number of benzene rings is 9. The van der Waals surface area contributed by atoms with Crippen LogP contribution >= 0.6 is 11.3 Å². The summed E-state index contributed by atoms with van der Waals surface area (Å²) in [6.45, 7) is 0. The molecule has 0 fully saturated rings. The van der Waals surface area contributed by atoms with E-state index in [0.29, 0.717) is 5.95 Å². The second-order valence-corrected chi connectivity index (χ2v) is 16.4. The molecule has 0 spiro atoms. The summed E-state index contributed by atoms with van der Waals surface area (Å²) in [5, 5.41) is 11.6. The fourth-order valence-corrected chi connectivity index (χ4v) is 10.3. The Morgan fingerprint density at radius 1 is 0.390 bits per heavy atom. The molecule has 0 aliphatic rings. The average molecular weight is 770 g/mol. The van der Waals surface area contributed by atoms with Crippen LogP contribution in [0.1, 0.15) is 0 Å². The molecule has 0 unspecified atom stereocenters. The lowest BCUT2D eigenvalue weighted by atomic mass is 9.98. The number of aromatic nitrogens is 3. The van der Waals surface area contributed by atoms with Gasteiger partial charge in [0.25, 0.3) is 0 Å². The van der Waals surface area contributed by atoms with Gasteiger partial charge in [0.1, 0.15) is 16.0 Å². The van der Waals surface area contributed by atoms with Crippen LogP contribution in [0.15, 0.2) is 192 Å². The molecule has 9 aromatic carbocycles. The van der Waals surface area contributed by atoms with Gasteiger partial charge in [-0.15, -0.1) is 11.3 Å². The molecule has 0 saturated carbocycles. The third-order valence-corrected chi connectivity index (χ3v) is 13.1. The van der Waals surface area contributed by atoms with Crippen LogP contribution in [-0.2, 0) is 0 Å². The fraction of sp³-hybridized carbons (Fsp3) is 0. The summed E-state index contributed by atoms with van der Waals surface area (Å²) in [4.78, 5) is 12.1. The molecule has 4 heterocycles. The number of para-hydroxylation sites is 1. The van der Waals surface area contributed by atoms with Crippen LogP contribution in [0.3, 0.4) is 0 Å². The normalized spacial score (nSPS) is 12.1. The van der Waals surface area contributed by atoms with Gasteiger partial charge in [-0.25, -0.2) is 9.97 Å². The van der Waals surface area contributed by atoms with Gasteiger partial charge in [0.2, 0.25) is 5.95 Å². The van der Waals surface area contributed by atoms with Crippen molar-refractivity contribution in [2.45, 2.75) is 0 Å². The van der Waals surface area contributed by atoms with Crippen molar-refractivity contribution in [3.8, 4) is 39.5 Å². The standard InChI is InChI=1S/C54H31N3OS/c1-2-10-32(11-3-1)33-18-20-34(21-19-33)38-24-27-49-44(29-38)51-52(39-23-26-48-42(30-39)41-16-8-9-17-47(41)58-48)55-54(56-53(51)59-49)57-45-25-22-35-12-6-7-15-40(35)50(45)43-28-36-13-4-5-14-37(36)31-46(43)57/h1-31H. The minimum absolute atomic E-state index is 0.651. The zero-order valence-corrected chi connectivity index (χ0v) is 32.4. The maximum atomic E-state index is 6.30. The molecule has 4 aromatic heterocycles. The molecule has 5 heteroatoms. The van der Waals surface area contributed by atoms with E-state index in [4.69, 9.17) is 14.4 Å². The smallest absolute Gasteiger partial charge is 0.236 e. The first-order valence-electron chi connectivity index (χ1n) is 19.9. The number of hydrogen-bond acceptors (Lipinski definition) is 4. The molecule has 274 valence electrons. The van der Waals surface area contributed by atoms with E-state index in [-0.39, 0.29) is 0 Å². The Kier molecular flexibility index (Phi) is 6.85. The van der Waals surface area contributed by atoms with Crippen LogP contribution in [0, 0.1) is 0 Å². The number of thiophene rings is 1. The minimum atomic E-state index is 0.651. The van der Waals surface area contributed by atoms with E-state index < -0.39 is 0 Å². The summed E-state index contributed by atoms with van der Waals surface area (Å²) in [6, 6.07) is 67.3. The molecule has 0 radical (unpaired) electrons. The molecule has 0 N–H and O–H groups in total. The van der Waals surface area contributed by atoms with Gasteiger partial charge in [-0.05, 0) is 98.4 Å². The summed E-state index contributed by atoms with van der Waals surface area (Å²) in [5.74, 6) is 0.651. The topological polar surface area (TPSA) is 43.9 Å². The number of hydrogen-bond donors (Lipinski definition) is 0. The zero-order chi connectivity index (χ0) is 38.6. The summed E-state index contributed by atoms with van der Waals surface area (Å²) in [5.41, 5.74) is 10.6. The Labute approximate surface area is 341 Å². The monoisotopic (exact) mass is 769 g/mol. The van der Waals surface area contributed by atoms with Gasteiger partial charge in [0.15, 0.2) is 0 Å². The average Bonchev–Trinajstić information content (AvgIpc) is 3.97. The highest BCUT2D eigenvalue weighted by Crippen LogP contribution is 2.44. The van der Waals surface area contributed by atoms with Crippen molar-refractivity contribution >= 4 is 96.9 Å². The number of rotatable bonds is 4. The van der Waals surface area contributed by atoms with E-state index in [0.717, 1.165) is 65.4 Å². The van der Waals surface area contributed by atoms with Crippen LogP contribution in [0.4, 0.5) is 0 Å². The maximum absolute atomic E-state index is 6.30. The van der Waals surface area contributed by atoms with E-state index >= 15 is 0 Å². The highest BCUT2D eigenvalue weighted by molar-refractivity contribution is 7.25. The van der Waals surface area contributed by atoms with Crippen molar-refractivity contribution in [3.63, 3.8) is 0 Å². The van der Waals surface area contributed by atoms with Gasteiger partial charge in [-0.1, -0.05) is 133 Å². The first-order chi connectivity index (χ1) is 29.2. The molecular formula is C54H31N3OS. The van der Waals surface area contributed by atoms with Gasteiger partial charge >= 0.3 is 0 Å². The van der Waals surface area contributed by atoms with Crippen LogP contribution in [0.25, 0.3) is 125 Å². The van der Waals surface area contributed by atoms with Gasteiger partial charge in [-0.3, -0.25) is 4.57 Å². The van der Waals surface area contributed by atoms with Crippen molar-refractivity contribution in [1.82, 2.24) is 14.5 Å². The van der Waals surface area contributed by atoms with E-state index in [2.05, 4.69) is 180 Å². The van der Waals surface area contributed by atoms with Gasteiger partial charge in [0.05, 0.1) is 16.7 Å². The molecule has 13 rings (SSSR count). The van der Waals surface area contributed by atoms with E-state index in [1.54, 1.807) is 11.3 Å². The summed E-state index contributed by atoms with van der Waals surface area (Å²) < 4.78 is 9.75. The van der Waals surface area contributed by atoms with Crippen molar-refractivity contribution < 1.29 is 4.42 Å². The Balaban J connectivity index is 1.10. The third-order valence-electron chi connectivity index (χ3n) is 12.0. The number of furan rings is 1. The van der Waals surface area contributed by atoms with Crippen molar-refractivity contribution in [3.05, 3.63) is 188 Å². The molecule has 4 nitrogen and oxygen atoms in total. The van der Waals surface area contributed by atoms with E-state index in [1.165, 1.54) is 53.7 Å². The highest BCUT2D eigenvalue weighted by Gasteiger charge is 2.22. The van der Waals surface area contributed by atoms with E-state index in [1.807, 2.05) is 12.1 Å². The molecule has 0 aliphatic heterocycles. The molecule has 0 bridgehead atoms. The summed E-state index contributed by atoms with van der Waals surface area (Å²) in [6.07, 6.45) is 0. The van der Waals surface area contributed by atoms with Crippen LogP contribution in [0.5, 0.6) is 0 Å². The fourth-order valence-electron chi connectivity index (χ4n) is 9.20. The van der Waals surface area contributed by atoms with Crippen LogP contribution in [-0.4, -0.2) is 14.5 Å².